The van der Waals surface area contributed by atoms with Crippen molar-refractivity contribution in [1.82, 2.24) is 9.80 Å². The Morgan fingerprint density at radius 3 is 2.61 bits per heavy atom. The molecule has 0 bridgehead atoms. The zero-order valence-electron chi connectivity index (χ0n) is 19.8. The van der Waals surface area contributed by atoms with Crippen LogP contribution in [0.2, 0.25) is 5.02 Å². The molecule has 1 aliphatic rings. The van der Waals surface area contributed by atoms with Crippen LogP contribution in [0.4, 0.5) is 0 Å². The molecule has 0 saturated carbocycles. The zero-order chi connectivity index (χ0) is 24.0. The van der Waals surface area contributed by atoms with Crippen molar-refractivity contribution < 1.29 is 19.1 Å². The topological polar surface area (TPSA) is 59.1 Å². The molecular weight excluding hydrogens is 440 g/mol. The summed E-state index contributed by atoms with van der Waals surface area (Å²) in [7, 11) is 1.78. The minimum Gasteiger partial charge on any atom is -0.490 e. The van der Waals surface area contributed by atoms with Crippen molar-refractivity contribution in [1.29, 1.82) is 0 Å². The Morgan fingerprint density at radius 1 is 1.21 bits per heavy atom. The van der Waals surface area contributed by atoms with Gasteiger partial charge in [0.2, 0.25) is 11.8 Å². The largest absolute Gasteiger partial charge is 0.490 e. The Morgan fingerprint density at radius 2 is 1.94 bits per heavy atom. The first-order valence-corrected chi connectivity index (χ1v) is 11.7. The zero-order valence-corrected chi connectivity index (χ0v) is 20.6. The highest BCUT2D eigenvalue weighted by Crippen LogP contribution is 2.28. The van der Waals surface area contributed by atoms with Gasteiger partial charge in [-0.25, -0.2) is 0 Å². The van der Waals surface area contributed by atoms with Crippen LogP contribution in [0.5, 0.6) is 5.75 Å². The van der Waals surface area contributed by atoms with Gasteiger partial charge in [0.25, 0.3) is 0 Å². The molecule has 0 N–H and O–H groups in total. The van der Waals surface area contributed by atoms with Crippen LogP contribution in [0, 0.1) is 12.8 Å². The predicted octanol–water partition coefficient (Wildman–Crippen LogP) is 4.33. The summed E-state index contributed by atoms with van der Waals surface area (Å²) in [5, 5.41) is 0.664. The lowest BCUT2D eigenvalue weighted by molar-refractivity contribution is -0.167. The minimum absolute atomic E-state index is 0.0510. The van der Waals surface area contributed by atoms with Crippen LogP contribution in [0.25, 0.3) is 0 Å². The van der Waals surface area contributed by atoms with E-state index < -0.39 is 5.60 Å². The average molecular weight is 473 g/mol. The second-order valence-electron chi connectivity index (χ2n) is 9.06. The molecule has 1 atom stereocenters. The monoisotopic (exact) mass is 472 g/mol. The molecule has 2 aromatic rings. The summed E-state index contributed by atoms with van der Waals surface area (Å²) in [6, 6.07) is 15.3. The quantitative estimate of drug-likeness (QED) is 0.573. The van der Waals surface area contributed by atoms with Crippen LogP contribution in [0.1, 0.15) is 31.4 Å². The fourth-order valence-corrected chi connectivity index (χ4v) is 4.04. The van der Waals surface area contributed by atoms with E-state index in [1.54, 1.807) is 29.0 Å². The van der Waals surface area contributed by atoms with Crippen LogP contribution >= 0.6 is 11.6 Å². The normalized spacial score (nSPS) is 18.3. The average Bonchev–Trinajstić information content (AvgIpc) is 2.80. The number of morpholine rings is 1. The van der Waals surface area contributed by atoms with Gasteiger partial charge in [-0.15, -0.1) is 0 Å². The van der Waals surface area contributed by atoms with E-state index in [0.29, 0.717) is 37.0 Å². The lowest BCUT2D eigenvalue weighted by Gasteiger charge is -2.43. The number of aryl methyl sites for hydroxylation is 1. The molecule has 3 rings (SSSR count). The van der Waals surface area contributed by atoms with Crippen molar-refractivity contribution in [2.45, 2.75) is 39.3 Å². The third-order valence-corrected chi connectivity index (χ3v) is 6.27. The van der Waals surface area contributed by atoms with Crippen LogP contribution in [-0.4, -0.2) is 60.6 Å². The third-order valence-electron chi connectivity index (χ3n) is 5.85. The smallest absolute Gasteiger partial charge is 0.225 e. The lowest BCUT2D eigenvalue weighted by atomic mass is 9.96. The summed E-state index contributed by atoms with van der Waals surface area (Å²) >= 11 is 6.14. The summed E-state index contributed by atoms with van der Waals surface area (Å²) in [6.07, 6.45) is 0.116. The minimum atomic E-state index is -0.932. The second kappa shape index (κ2) is 11.0. The number of carbonyl (C=O) groups excluding carboxylic acids is 2. The Hall–Kier alpha value is -2.57. The highest BCUT2D eigenvalue weighted by Gasteiger charge is 2.42. The standard InChI is InChI=1S/C26H33ClN2O4/c1-19(2)25(31)29-12-13-33-26(17-29,18-32-22-10-11-23(27)20(3)14-22)15-24(30)28(4)16-21-8-6-5-7-9-21/h5-11,14,19H,12-13,15-18H2,1-4H3/t26-/m1/s1. The van der Waals surface area contributed by atoms with Gasteiger partial charge in [0.05, 0.1) is 19.6 Å². The lowest BCUT2D eigenvalue weighted by Crippen LogP contribution is -2.58. The molecule has 178 valence electrons. The third kappa shape index (κ3) is 6.71. The Labute approximate surface area is 201 Å². The molecule has 6 nitrogen and oxygen atoms in total. The first-order valence-electron chi connectivity index (χ1n) is 11.3. The van der Waals surface area contributed by atoms with E-state index in [2.05, 4.69) is 0 Å². The van der Waals surface area contributed by atoms with Crippen molar-refractivity contribution in [3.8, 4) is 5.75 Å². The van der Waals surface area contributed by atoms with E-state index in [9.17, 15) is 9.59 Å². The molecule has 0 radical (unpaired) electrons. The number of amides is 2. The molecule has 33 heavy (non-hydrogen) atoms. The highest BCUT2D eigenvalue weighted by molar-refractivity contribution is 6.31. The number of nitrogens with zero attached hydrogens (tertiary/aromatic N) is 2. The fraction of sp³-hybridized carbons (Fsp3) is 0.462. The fourth-order valence-electron chi connectivity index (χ4n) is 3.92. The van der Waals surface area contributed by atoms with Gasteiger partial charge in [-0.3, -0.25) is 9.59 Å². The Balaban J connectivity index is 1.77. The molecule has 1 fully saturated rings. The SMILES string of the molecule is Cc1cc(OC[C@@]2(CC(=O)N(C)Cc3ccccc3)CN(C(=O)C(C)C)CCO2)ccc1Cl. The maximum absolute atomic E-state index is 13.2. The summed E-state index contributed by atoms with van der Waals surface area (Å²) in [5.74, 6) is 0.512. The van der Waals surface area contributed by atoms with Crippen LogP contribution in [-0.2, 0) is 20.9 Å². The number of halogens is 1. The van der Waals surface area contributed by atoms with Gasteiger partial charge >= 0.3 is 0 Å². The Kier molecular flexibility index (Phi) is 8.38. The molecule has 0 spiro atoms. The number of ether oxygens (including phenoxy) is 2. The maximum atomic E-state index is 13.2. The van der Waals surface area contributed by atoms with Crippen LogP contribution in [0.3, 0.4) is 0 Å². The summed E-state index contributed by atoms with van der Waals surface area (Å²) in [5.41, 5.74) is 1.03. The molecule has 1 saturated heterocycles. The van der Waals surface area contributed by atoms with E-state index in [-0.39, 0.29) is 30.8 Å². The molecule has 0 aromatic heterocycles. The first kappa shape index (κ1) is 25.1. The number of carbonyl (C=O) groups is 2. The molecule has 7 heteroatoms. The predicted molar refractivity (Wildman–Crippen MR) is 129 cm³/mol. The first-order chi connectivity index (χ1) is 15.7. The molecule has 0 aliphatic carbocycles. The van der Waals surface area contributed by atoms with Crippen molar-refractivity contribution >= 4 is 23.4 Å². The summed E-state index contributed by atoms with van der Waals surface area (Å²) < 4.78 is 12.3. The van der Waals surface area contributed by atoms with Gasteiger partial charge in [0.15, 0.2) is 0 Å². The van der Waals surface area contributed by atoms with E-state index in [1.165, 1.54) is 0 Å². The van der Waals surface area contributed by atoms with Crippen LogP contribution in [0.15, 0.2) is 48.5 Å². The summed E-state index contributed by atoms with van der Waals surface area (Å²) in [4.78, 5) is 29.4. The Bertz CT molecular complexity index is 966. The molecule has 1 heterocycles. The van der Waals surface area contributed by atoms with Gasteiger partial charge in [-0.2, -0.15) is 0 Å². The van der Waals surface area contributed by atoms with Crippen LogP contribution < -0.4 is 4.74 Å². The molecule has 2 amide bonds. The maximum Gasteiger partial charge on any atom is 0.225 e. The summed E-state index contributed by atoms with van der Waals surface area (Å²) in [6.45, 7) is 7.50. The van der Waals surface area contributed by atoms with E-state index in [1.807, 2.05) is 57.2 Å². The van der Waals surface area contributed by atoms with Gasteiger partial charge in [-0.05, 0) is 36.2 Å². The number of hydrogen-bond acceptors (Lipinski definition) is 4. The van der Waals surface area contributed by atoms with E-state index >= 15 is 0 Å². The number of benzene rings is 2. The van der Waals surface area contributed by atoms with Crippen molar-refractivity contribution in [3.63, 3.8) is 0 Å². The number of rotatable bonds is 8. The molecular formula is C26H33ClN2O4. The molecule has 1 aliphatic heterocycles. The van der Waals surface area contributed by atoms with Crippen molar-refractivity contribution in [2.24, 2.45) is 5.92 Å². The van der Waals surface area contributed by atoms with Gasteiger partial charge in [0.1, 0.15) is 18.0 Å². The highest BCUT2D eigenvalue weighted by atomic mass is 35.5. The second-order valence-corrected chi connectivity index (χ2v) is 9.47. The van der Waals surface area contributed by atoms with Gasteiger partial charge in [-0.1, -0.05) is 55.8 Å². The van der Waals surface area contributed by atoms with E-state index in [4.69, 9.17) is 21.1 Å². The van der Waals surface area contributed by atoms with Gasteiger partial charge < -0.3 is 19.3 Å². The van der Waals surface area contributed by atoms with Gasteiger partial charge in [0, 0.05) is 31.1 Å². The van der Waals surface area contributed by atoms with Crippen molar-refractivity contribution in [2.75, 3.05) is 33.4 Å². The molecule has 0 unspecified atom stereocenters. The van der Waals surface area contributed by atoms with Crippen molar-refractivity contribution in [3.05, 3.63) is 64.7 Å². The number of hydrogen-bond donors (Lipinski definition) is 0. The van der Waals surface area contributed by atoms with E-state index in [0.717, 1.165) is 11.1 Å². The molecule has 2 aromatic carbocycles.